The predicted octanol–water partition coefficient (Wildman–Crippen LogP) is 3.85. The zero-order chi connectivity index (χ0) is 18.4. The molecule has 2 aromatic rings. The number of amides is 2. The van der Waals surface area contributed by atoms with E-state index in [9.17, 15) is 9.59 Å². The molecule has 0 bridgehead atoms. The highest BCUT2D eigenvalue weighted by molar-refractivity contribution is 8.00. The van der Waals surface area contributed by atoms with Crippen molar-refractivity contribution in [2.24, 2.45) is 0 Å². The molecule has 1 saturated heterocycles. The minimum Gasteiger partial charge on any atom is -0.349 e. The van der Waals surface area contributed by atoms with Gasteiger partial charge in [0.2, 0.25) is 5.91 Å². The molecule has 1 N–H and O–H groups in total. The van der Waals surface area contributed by atoms with E-state index in [1.165, 1.54) is 11.8 Å². The van der Waals surface area contributed by atoms with Crippen LogP contribution in [0.4, 0.5) is 0 Å². The summed E-state index contributed by atoms with van der Waals surface area (Å²) < 4.78 is 0. The van der Waals surface area contributed by atoms with Crippen LogP contribution in [-0.2, 0) is 4.79 Å². The van der Waals surface area contributed by atoms with Crippen LogP contribution in [0.15, 0.2) is 59.5 Å². The number of hydrogen-bond donors (Lipinski definition) is 1. The molecule has 0 radical (unpaired) electrons. The number of carbonyl (C=O) groups is 2. The van der Waals surface area contributed by atoms with Gasteiger partial charge in [0, 0.05) is 29.6 Å². The van der Waals surface area contributed by atoms with Gasteiger partial charge >= 0.3 is 0 Å². The minimum absolute atomic E-state index is 0.0512. The van der Waals surface area contributed by atoms with Crippen LogP contribution in [0.3, 0.4) is 0 Å². The Balaban J connectivity index is 1.44. The molecule has 26 heavy (non-hydrogen) atoms. The molecule has 0 saturated carbocycles. The van der Waals surface area contributed by atoms with Gasteiger partial charge in [-0.05, 0) is 37.1 Å². The third-order valence-electron chi connectivity index (χ3n) is 4.41. The maximum atomic E-state index is 12.4. The number of carbonyl (C=O) groups excluding carboxylic acids is 2. The molecule has 0 spiro atoms. The number of piperidine rings is 1. The average Bonchev–Trinajstić information content (AvgIpc) is 2.68. The minimum atomic E-state index is -0.0512. The topological polar surface area (TPSA) is 49.4 Å². The SMILES string of the molecule is O=C(NC1CCN(C(=O)CSc2ccccc2Cl)CC1)c1ccccc1. The highest BCUT2D eigenvalue weighted by Gasteiger charge is 2.24. The number of thioether (sulfide) groups is 1. The molecule has 3 rings (SSSR count). The summed E-state index contributed by atoms with van der Waals surface area (Å²) in [6.45, 7) is 1.34. The average molecular weight is 389 g/mol. The zero-order valence-corrected chi connectivity index (χ0v) is 15.9. The van der Waals surface area contributed by atoms with E-state index in [-0.39, 0.29) is 17.9 Å². The van der Waals surface area contributed by atoms with Crippen molar-refractivity contribution in [2.45, 2.75) is 23.8 Å². The highest BCUT2D eigenvalue weighted by atomic mass is 35.5. The third kappa shape index (κ3) is 5.02. The standard InChI is InChI=1S/C20H21ClN2O2S/c21-17-8-4-5-9-18(17)26-14-19(24)23-12-10-16(11-13-23)22-20(25)15-6-2-1-3-7-15/h1-9,16H,10-14H2,(H,22,25). The molecule has 1 heterocycles. The first kappa shape index (κ1) is 18.8. The third-order valence-corrected chi connectivity index (χ3v) is 5.91. The lowest BCUT2D eigenvalue weighted by atomic mass is 10.0. The van der Waals surface area contributed by atoms with E-state index in [4.69, 9.17) is 11.6 Å². The van der Waals surface area contributed by atoms with Gasteiger partial charge in [0.15, 0.2) is 0 Å². The molecule has 0 aliphatic carbocycles. The van der Waals surface area contributed by atoms with Crippen molar-refractivity contribution in [1.29, 1.82) is 0 Å². The van der Waals surface area contributed by atoms with Crippen LogP contribution in [0.2, 0.25) is 5.02 Å². The number of nitrogens with zero attached hydrogens (tertiary/aromatic N) is 1. The van der Waals surface area contributed by atoms with Crippen LogP contribution in [0.5, 0.6) is 0 Å². The monoisotopic (exact) mass is 388 g/mol. The molecule has 0 atom stereocenters. The summed E-state index contributed by atoms with van der Waals surface area (Å²) in [5.41, 5.74) is 0.669. The summed E-state index contributed by atoms with van der Waals surface area (Å²) in [5, 5.41) is 3.73. The fourth-order valence-corrected chi connectivity index (χ4v) is 4.07. The highest BCUT2D eigenvalue weighted by Crippen LogP contribution is 2.27. The van der Waals surface area contributed by atoms with Crippen LogP contribution < -0.4 is 5.32 Å². The molecule has 4 nitrogen and oxygen atoms in total. The van der Waals surface area contributed by atoms with E-state index < -0.39 is 0 Å². The molecule has 0 unspecified atom stereocenters. The Labute approximate surface area is 162 Å². The maximum absolute atomic E-state index is 12.4. The van der Waals surface area contributed by atoms with Gasteiger partial charge in [0.25, 0.3) is 5.91 Å². The van der Waals surface area contributed by atoms with Gasteiger partial charge in [-0.15, -0.1) is 11.8 Å². The number of rotatable bonds is 5. The smallest absolute Gasteiger partial charge is 0.251 e. The van der Waals surface area contributed by atoms with Crippen LogP contribution in [-0.4, -0.2) is 41.6 Å². The summed E-state index contributed by atoms with van der Waals surface area (Å²) in [6.07, 6.45) is 1.56. The summed E-state index contributed by atoms with van der Waals surface area (Å²) in [5.74, 6) is 0.442. The first-order valence-electron chi connectivity index (χ1n) is 8.64. The van der Waals surface area contributed by atoms with E-state index in [0.29, 0.717) is 29.4 Å². The lowest BCUT2D eigenvalue weighted by molar-refractivity contribution is -0.129. The molecular weight excluding hydrogens is 368 g/mol. The lowest BCUT2D eigenvalue weighted by Crippen LogP contribution is -2.47. The van der Waals surface area contributed by atoms with Crippen LogP contribution in [0.25, 0.3) is 0 Å². The second-order valence-corrected chi connectivity index (χ2v) is 7.64. The van der Waals surface area contributed by atoms with Crippen molar-refractivity contribution < 1.29 is 9.59 Å². The summed E-state index contributed by atoms with van der Waals surface area (Å²) in [6, 6.07) is 16.9. The largest absolute Gasteiger partial charge is 0.349 e. The predicted molar refractivity (Wildman–Crippen MR) is 106 cm³/mol. The molecule has 1 aliphatic heterocycles. The normalized spacial score (nSPS) is 14.9. The van der Waals surface area contributed by atoms with E-state index in [2.05, 4.69) is 5.32 Å². The van der Waals surface area contributed by atoms with Crippen LogP contribution in [0.1, 0.15) is 23.2 Å². The quantitative estimate of drug-likeness (QED) is 0.791. The molecule has 0 aromatic heterocycles. The first-order chi connectivity index (χ1) is 12.6. The van der Waals surface area contributed by atoms with E-state index in [1.54, 1.807) is 12.1 Å². The number of nitrogens with one attached hydrogen (secondary N) is 1. The van der Waals surface area contributed by atoms with Gasteiger partial charge in [-0.2, -0.15) is 0 Å². The van der Waals surface area contributed by atoms with Crippen molar-refractivity contribution in [1.82, 2.24) is 10.2 Å². The second kappa shape index (κ2) is 9.10. The van der Waals surface area contributed by atoms with Crippen LogP contribution >= 0.6 is 23.4 Å². The molecule has 2 amide bonds. The van der Waals surface area contributed by atoms with Crippen LogP contribution in [0, 0.1) is 0 Å². The summed E-state index contributed by atoms with van der Waals surface area (Å²) >= 11 is 7.59. The van der Waals surface area contributed by atoms with Gasteiger partial charge in [0.05, 0.1) is 10.8 Å². The Bertz CT molecular complexity index is 761. The zero-order valence-electron chi connectivity index (χ0n) is 14.4. The second-order valence-electron chi connectivity index (χ2n) is 6.21. The Kier molecular flexibility index (Phi) is 6.58. The maximum Gasteiger partial charge on any atom is 0.251 e. The van der Waals surface area contributed by atoms with Gasteiger partial charge in [0.1, 0.15) is 0 Å². The van der Waals surface area contributed by atoms with Crippen molar-refractivity contribution in [2.75, 3.05) is 18.8 Å². The van der Waals surface area contributed by atoms with Crippen molar-refractivity contribution in [3.05, 3.63) is 65.2 Å². The van der Waals surface area contributed by atoms with Crippen molar-refractivity contribution >= 4 is 35.2 Å². The summed E-state index contributed by atoms with van der Waals surface area (Å²) in [7, 11) is 0. The fraction of sp³-hybridized carbons (Fsp3) is 0.300. The molecule has 136 valence electrons. The molecule has 6 heteroatoms. The number of hydrogen-bond acceptors (Lipinski definition) is 3. The van der Waals surface area contributed by atoms with E-state index >= 15 is 0 Å². The van der Waals surface area contributed by atoms with E-state index in [0.717, 1.165) is 17.7 Å². The van der Waals surface area contributed by atoms with Crippen molar-refractivity contribution in [3.63, 3.8) is 0 Å². The Morgan fingerprint density at radius 2 is 1.69 bits per heavy atom. The molecule has 2 aromatic carbocycles. The molecule has 1 aliphatic rings. The first-order valence-corrected chi connectivity index (χ1v) is 10.0. The lowest BCUT2D eigenvalue weighted by Gasteiger charge is -2.32. The number of benzene rings is 2. The van der Waals surface area contributed by atoms with Gasteiger partial charge in [-0.3, -0.25) is 9.59 Å². The van der Waals surface area contributed by atoms with Crippen molar-refractivity contribution in [3.8, 4) is 0 Å². The molecule has 1 fully saturated rings. The number of likely N-dealkylation sites (tertiary alicyclic amines) is 1. The fourth-order valence-electron chi connectivity index (χ4n) is 2.92. The Hall–Kier alpha value is -1.98. The summed E-state index contributed by atoms with van der Waals surface area (Å²) in [4.78, 5) is 27.4. The van der Waals surface area contributed by atoms with Gasteiger partial charge in [-0.25, -0.2) is 0 Å². The van der Waals surface area contributed by atoms with Gasteiger partial charge < -0.3 is 10.2 Å². The Morgan fingerprint density at radius 3 is 2.38 bits per heavy atom. The molecular formula is C20H21ClN2O2S. The number of halogens is 1. The van der Waals surface area contributed by atoms with Gasteiger partial charge in [-0.1, -0.05) is 41.9 Å². The van der Waals surface area contributed by atoms with E-state index in [1.807, 2.05) is 47.4 Å². The Morgan fingerprint density at radius 1 is 1.04 bits per heavy atom.